The first kappa shape index (κ1) is 20.2. The fraction of sp³-hybridized carbons (Fsp3) is 0.286. The third kappa shape index (κ3) is 3.73. The van der Waals surface area contributed by atoms with Crippen molar-refractivity contribution in [2.24, 2.45) is 0 Å². The molecule has 0 bridgehead atoms. The van der Waals surface area contributed by atoms with Gasteiger partial charge in [-0.2, -0.15) is 0 Å². The molecule has 2 aromatic carbocycles. The van der Waals surface area contributed by atoms with Gasteiger partial charge in [-0.25, -0.2) is 4.79 Å². The Morgan fingerprint density at radius 2 is 1.62 bits per heavy atom. The fourth-order valence-electron chi connectivity index (χ4n) is 3.04. The zero-order valence-corrected chi connectivity index (χ0v) is 17.0. The van der Waals surface area contributed by atoms with E-state index in [4.69, 9.17) is 28.1 Å². The number of fused-ring (bicyclic) bond motifs is 1. The van der Waals surface area contributed by atoms with E-state index in [2.05, 4.69) is 5.32 Å². The van der Waals surface area contributed by atoms with Gasteiger partial charge in [0.05, 0.1) is 40.4 Å². The van der Waals surface area contributed by atoms with E-state index >= 15 is 0 Å². The van der Waals surface area contributed by atoms with Gasteiger partial charge in [0.15, 0.2) is 11.5 Å². The van der Waals surface area contributed by atoms with Crippen molar-refractivity contribution >= 4 is 28.3 Å². The maximum atomic E-state index is 12.5. The monoisotopic (exact) mass is 401 g/mol. The van der Waals surface area contributed by atoms with Crippen LogP contribution in [-0.2, 0) is 4.74 Å². The molecule has 0 aliphatic rings. The lowest BCUT2D eigenvalue weighted by atomic mass is 10.1. The van der Waals surface area contributed by atoms with Crippen LogP contribution in [0.5, 0.6) is 23.0 Å². The minimum Gasteiger partial charge on any atom is -0.496 e. The van der Waals surface area contributed by atoms with Crippen LogP contribution in [0.2, 0.25) is 0 Å². The summed E-state index contributed by atoms with van der Waals surface area (Å²) in [5, 5.41) is 3.84. The smallest absolute Gasteiger partial charge is 0.376 e. The summed E-state index contributed by atoms with van der Waals surface area (Å²) >= 11 is 0. The van der Waals surface area contributed by atoms with Crippen LogP contribution in [0.3, 0.4) is 0 Å². The highest BCUT2D eigenvalue weighted by atomic mass is 16.5. The van der Waals surface area contributed by atoms with Crippen molar-refractivity contribution in [2.75, 3.05) is 40.4 Å². The fourth-order valence-corrected chi connectivity index (χ4v) is 3.04. The summed E-state index contributed by atoms with van der Waals surface area (Å²) < 4.78 is 32.6. The van der Waals surface area contributed by atoms with Gasteiger partial charge in [-0.1, -0.05) is 6.07 Å². The van der Waals surface area contributed by atoms with Crippen molar-refractivity contribution in [3.63, 3.8) is 0 Å². The molecule has 154 valence electrons. The van der Waals surface area contributed by atoms with Crippen LogP contribution in [0.25, 0.3) is 11.0 Å². The average molecular weight is 401 g/mol. The molecule has 0 unspecified atom stereocenters. The van der Waals surface area contributed by atoms with Crippen LogP contribution in [0, 0.1) is 0 Å². The Balaban J connectivity index is 2.19. The number of hydrogen-bond donors (Lipinski definition) is 1. The van der Waals surface area contributed by atoms with E-state index < -0.39 is 5.97 Å². The Bertz CT molecular complexity index is 1000. The highest BCUT2D eigenvalue weighted by Crippen LogP contribution is 2.43. The van der Waals surface area contributed by atoms with Crippen molar-refractivity contribution in [2.45, 2.75) is 6.92 Å². The largest absolute Gasteiger partial charge is 0.496 e. The van der Waals surface area contributed by atoms with Crippen molar-refractivity contribution in [3.05, 3.63) is 36.1 Å². The Morgan fingerprint density at radius 1 is 0.966 bits per heavy atom. The van der Waals surface area contributed by atoms with Gasteiger partial charge in [-0.05, 0) is 19.1 Å². The highest BCUT2D eigenvalue weighted by molar-refractivity contribution is 6.07. The predicted molar refractivity (Wildman–Crippen MR) is 108 cm³/mol. The molecule has 8 nitrogen and oxygen atoms in total. The van der Waals surface area contributed by atoms with Crippen molar-refractivity contribution in [1.82, 2.24) is 0 Å². The van der Waals surface area contributed by atoms with Crippen LogP contribution in [0.15, 0.2) is 34.7 Å². The van der Waals surface area contributed by atoms with Crippen molar-refractivity contribution in [1.29, 1.82) is 0 Å². The molecule has 0 saturated heterocycles. The number of benzene rings is 2. The second-order valence-electron chi connectivity index (χ2n) is 5.90. The van der Waals surface area contributed by atoms with Crippen molar-refractivity contribution in [3.8, 4) is 23.0 Å². The van der Waals surface area contributed by atoms with E-state index in [1.807, 2.05) is 0 Å². The SMILES string of the molecule is CCOC(=O)c1oc2cccc(OC)c2c1Nc1cc(OC)c(OC)c(OC)c1. The van der Waals surface area contributed by atoms with Crippen LogP contribution < -0.4 is 24.3 Å². The Labute approximate surface area is 168 Å². The van der Waals surface area contributed by atoms with Crippen LogP contribution in [-0.4, -0.2) is 41.0 Å². The number of nitrogens with one attached hydrogen (secondary N) is 1. The molecule has 29 heavy (non-hydrogen) atoms. The highest BCUT2D eigenvalue weighted by Gasteiger charge is 2.25. The third-order valence-electron chi connectivity index (χ3n) is 4.29. The quantitative estimate of drug-likeness (QED) is 0.556. The average Bonchev–Trinajstić information content (AvgIpc) is 3.11. The van der Waals surface area contributed by atoms with Gasteiger partial charge in [0, 0.05) is 17.8 Å². The minimum atomic E-state index is -0.583. The maximum absolute atomic E-state index is 12.5. The molecule has 0 amide bonds. The molecule has 0 radical (unpaired) electrons. The molecule has 0 fully saturated rings. The maximum Gasteiger partial charge on any atom is 0.376 e. The molecule has 0 saturated carbocycles. The molecular weight excluding hydrogens is 378 g/mol. The molecular formula is C21H23NO7. The van der Waals surface area contributed by atoms with E-state index in [1.165, 1.54) is 21.3 Å². The lowest BCUT2D eigenvalue weighted by molar-refractivity contribution is 0.0494. The molecule has 3 rings (SSSR count). The lowest BCUT2D eigenvalue weighted by Crippen LogP contribution is -2.06. The van der Waals surface area contributed by atoms with Crippen LogP contribution in [0.4, 0.5) is 11.4 Å². The van der Waals surface area contributed by atoms with Gasteiger partial charge in [0.2, 0.25) is 11.5 Å². The summed E-state index contributed by atoms with van der Waals surface area (Å²) in [4.78, 5) is 12.5. The number of rotatable bonds is 8. The number of furan rings is 1. The summed E-state index contributed by atoms with van der Waals surface area (Å²) in [5.74, 6) is 1.40. The number of carbonyl (C=O) groups excluding carboxylic acids is 1. The zero-order chi connectivity index (χ0) is 21.0. The van der Waals surface area contributed by atoms with E-state index in [0.29, 0.717) is 45.3 Å². The van der Waals surface area contributed by atoms with Gasteiger partial charge >= 0.3 is 5.97 Å². The molecule has 0 aliphatic heterocycles. The molecule has 3 aromatic rings. The molecule has 1 N–H and O–H groups in total. The number of ether oxygens (including phenoxy) is 5. The summed E-state index contributed by atoms with van der Waals surface area (Å²) in [6, 6.07) is 8.77. The van der Waals surface area contributed by atoms with Crippen molar-refractivity contribution < 1.29 is 32.9 Å². The zero-order valence-electron chi connectivity index (χ0n) is 17.0. The first-order valence-electron chi connectivity index (χ1n) is 8.91. The van der Waals surface area contributed by atoms with Crippen LogP contribution >= 0.6 is 0 Å². The van der Waals surface area contributed by atoms with Gasteiger partial charge in [0.1, 0.15) is 17.0 Å². The standard InChI is InChI=1S/C21H23NO7/c1-6-28-21(23)20-18(17-13(24-2)8-7-9-14(17)29-20)22-12-10-15(25-3)19(27-5)16(11-12)26-4/h7-11,22H,6H2,1-5H3. The molecule has 0 spiro atoms. The number of carbonyl (C=O) groups is 1. The van der Waals surface area contributed by atoms with E-state index in [1.54, 1.807) is 44.4 Å². The number of anilines is 2. The normalized spacial score (nSPS) is 10.5. The second-order valence-corrected chi connectivity index (χ2v) is 5.90. The molecule has 1 aromatic heterocycles. The van der Waals surface area contributed by atoms with Gasteiger partial charge in [0.25, 0.3) is 0 Å². The first-order valence-corrected chi connectivity index (χ1v) is 8.91. The molecule has 0 atom stereocenters. The Hall–Kier alpha value is -3.55. The molecule has 0 aliphatic carbocycles. The van der Waals surface area contributed by atoms with E-state index in [-0.39, 0.29) is 12.4 Å². The molecule has 1 heterocycles. The summed E-state index contributed by atoms with van der Waals surface area (Å²) in [6.45, 7) is 1.95. The minimum absolute atomic E-state index is 0.0418. The predicted octanol–water partition coefficient (Wildman–Crippen LogP) is 4.39. The number of methoxy groups -OCH3 is 4. The van der Waals surface area contributed by atoms with Crippen LogP contribution in [0.1, 0.15) is 17.5 Å². The summed E-state index contributed by atoms with van der Waals surface area (Å²) in [7, 11) is 6.14. The van der Waals surface area contributed by atoms with Gasteiger partial charge < -0.3 is 33.4 Å². The van der Waals surface area contributed by atoms with Gasteiger partial charge in [-0.3, -0.25) is 0 Å². The number of esters is 1. The Morgan fingerprint density at radius 3 is 2.17 bits per heavy atom. The first-order chi connectivity index (χ1) is 14.1. The van der Waals surface area contributed by atoms with Gasteiger partial charge in [-0.15, -0.1) is 0 Å². The second kappa shape index (κ2) is 8.64. The lowest BCUT2D eigenvalue weighted by Gasteiger charge is -2.15. The Kier molecular flexibility index (Phi) is 6.01. The number of hydrogen-bond acceptors (Lipinski definition) is 8. The van der Waals surface area contributed by atoms with E-state index in [0.717, 1.165) is 0 Å². The molecule has 8 heteroatoms. The topological polar surface area (TPSA) is 88.4 Å². The summed E-state index contributed by atoms with van der Waals surface area (Å²) in [5.41, 5.74) is 1.51. The summed E-state index contributed by atoms with van der Waals surface area (Å²) in [6.07, 6.45) is 0. The van der Waals surface area contributed by atoms with E-state index in [9.17, 15) is 4.79 Å². The third-order valence-corrected chi connectivity index (χ3v) is 4.29.